The summed E-state index contributed by atoms with van der Waals surface area (Å²) >= 11 is 0. The van der Waals surface area contributed by atoms with Crippen LogP contribution < -0.4 is 0 Å². The van der Waals surface area contributed by atoms with Crippen molar-refractivity contribution in [2.45, 2.75) is 39.0 Å². The minimum Gasteiger partial charge on any atom is -0.387 e. The molecule has 1 aromatic rings. The van der Waals surface area contributed by atoms with E-state index >= 15 is 0 Å². The summed E-state index contributed by atoms with van der Waals surface area (Å²) in [6.45, 7) is 5.91. The van der Waals surface area contributed by atoms with Gasteiger partial charge >= 0.3 is 6.18 Å². The smallest absolute Gasteiger partial charge is 0.387 e. The number of benzene rings is 1. The maximum absolute atomic E-state index is 12.9. The molecule has 1 aliphatic heterocycles. The number of aliphatic hydroxyl groups is 1. The Kier molecular flexibility index (Phi) is 5.21. The molecular weight excluding hydrogens is 335 g/mol. The number of halogens is 3. The fraction of sp³-hybridized carbons (Fsp3) is 0.611. The van der Waals surface area contributed by atoms with E-state index in [0.717, 1.165) is 12.1 Å². The first-order valence-electron chi connectivity index (χ1n) is 8.10. The first kappa shape index (κ1) is 19.7. The van der Waals surface area contributed by atoms with Crippen molar-refractivity contribution < 1.29 is 27.8 Å². The first-order valence-corrected chi connectivity index (χ1v) is 8.10. The molecule has 4 nitrogen and oxygen atoms in total. The Hall–Kier alpha value is -1.60. The number of piperidine rings is 1. The molecule has 0 saturated carbocycles. The van der Waals surface area contributed by atoms with Gasteiger partial charge < -0.3 is 14.7 Å². The highest BCUT2D eigenvalue weighted by Gasteiger charge is 2.48. The van der Waals surface area contributed by atoms with Crippen LogP contribution in [0.1, 0.15) is 41.8 Å². The molecule has 25 heavy (non-hydrogen) atoms. The van der Waals surface area contributed by atoms with Gasteiger partial charge in [0.15, 0.2) is 0 Å². The van der Waals surface area contributed by atoms with Gasteiger partial charge in [-0.05, 0) is 31.0 Å². The zero-order chi connectivity index (χ0) is 19.0. The molecular formula is C18H24F3NO3. The standard InChI is InChI=1S/C18H24F3NO3/c1-12-5-6-13(18(19,20)21)9-14(12)15(23)22-8-7-17(24,11-25-4)16(2,3)10-22/h5-6,9,24H,7-8,10-11H2,1-4H3. The van der Waals surface area contributed by atoms with Gasteiger partial charge in [-0.2, -0.15) is 13.2 Å². The summed E-state index contributed by atoms with van der Waals surface area (Å²) in [4.78, 5) is 14.3. The molecule has 1 atom stereocenters. The van der Waals surface area contributed by atoms with Crippen molar-refractivity contribution in [3.63, 3.8) is 0 Å². The Labute approximate surface area is 145 Å². The third-order valence-electron chi connectivity index (χ3n) is 5.11. The van der Waals surface area contributed by atoms with Crippen LogP contribution in [0, 0.1) is 12.3 Å². The van der Waals surface area contributed by atoms with E-state index in [1.165, 1.54) is 18.1 Å². The molecule has 7 heteroatoms. The summed E-state index contributed by atoms with van der Waals surface area (Å²) in [6.07, 6.45) is -4.19. The van der Waals surface area contributed by atoms with Crippen LogP contribution in [0.15, 0.2) is 18.2 Å². The highest BCUT2D eigenvalue weighted by atomic mass is 19.4. The number of rotatable bonds is 3. The molecule has 0 bridgehead atoms. The molecule has 1 amide bonds. The van der Waals surface area contributed by atoms with E-state index in [9.17, 15) is 23.1 Å². The molecule has 140 valence electrons. The van der Waals surface area contributed by atoms with Crippen LogP contribution in [0.2, 0.25) is 0 Å². The largest absolute Gasteiger partial charge is 0.416 e. The summed E-state index contributed by atoms with van der Waals surface area (Å²) in [5.74, 6) is -0.448. The van der Waals surface area contributed by atoms with Gasteiger partial charge in [-0.25, -0.2) is 0 Å². The Morgan fingerprint density at radius 1 is 1.36 bits per heavy atom. The molecule has 1 fully saturated rings. The Balaban J connectivity index is 2.28. The van der Waals surface area contributed by atoms with Gasteiger partial charge in [-0.1, -0.05) is 19.9 Å². The number of nitrogens with zero attached hydrogens (tertiary/aromatic N) is 1. The van der Waals surface area contributed by atoms with Gasteiger partial charge in [0.2, 0.25) is 0 Å². The van der Waals surface area contributed by atoms with Crippen molar-refractivity contribution in [3.8, 4) is 0 Å². The van der Waals surface area contributed by atoms with Gasteiger partial charge in [0.25, 0.3) is 5.91 Å². The maximum atomic E-state index is 12.9. The van der Waals surface area contributed by atoms with E-state index in [1.807, 2.05) is 13.8 Å². The number of amides is 1. The topological polar surface area (TPSA) is 49.8 Å². The fourth-order valence-corrected chi connectivity index (χ4v) is 3.24. The third-order valence-corrected chi connectivity index (χ3v) is 5.11. The highest BCUT2D eigenvalue weighted by molar-refractivity contribution is 5.96. The van der Waals surface area contributed by atoms with Crippen molar-refractivity contribution in [1.29, 1.82) is 0 Å². The van der Waals surface area contributed by atoms with Gasteiger partial charge in [-0.15, -0.1) is 0 Å². The maximum Gasteiger partial charge on any atom is 0.416 e. The van der Waals surface area contributed by atoms with E-state index in [-0.39, 0.29) is 25.3 Å². The minimum absolute atomic E-state index is 0.0443. The molecule has 1 aromatic carbocycles. The fourth-order valence-electron chi connectivity index (χ4n) is 3.24. The molecule has 1 aliphatic rings. The lowest BCUT2D eigenvalue weighted by molar-refractivity contribution is -0.144. The zero-order valence-corrected chi connectivity index (χ0v) is 14.9. The lowest BCUT2D eigenvalue weighted by atomic mass is 9.70. The van der Waals surface area contributed by atoms with Crippen LogP contribution in [0.25, 0.3) is 0 Å². The van der Waals surface area contributed by atoms with E-state index in [4.69, 9.17) is 4.74 Å². The third kappa shape index (κ3) is 3.82. The van der Waals surface area contributed by atoms with Crippen LogP contribution in [0.3, 0.4) is 0 Å². The summed E-state index contributed by atoms with van der Waals surface area (Å²) in [6, 6.07) is 3.19. The molecule has 1 heterocycles. The molecule has 0 aromatic heterocycles. The molecule has 1 unspecified atom stereocenters. The predicted octanol–water partition coefficient (Wildman–Crippen LogP) is 3.26. The van der Waals surface area contributed by atoms with Crippen molar-refractivity contribution >= 4 is 5.91 Å². The van der Waals surface area contributed by atoms with Crippen molar-refractivity contribution in [2.75, 3.05) is 26.8 Å². The van der Waals surface area contributed by atoms with E-state index in [2.05, 4.69) is 0 Å². The van der Waals surface area contributed by atoms with Crippen LogP contribution in [0.5, 0.6) is 0 Å². The SMILES string of the molecule is COCC1(O)CCN(C(=O)c2cc(C(F)(F)F)ccc2C)CC1(C)C. The lowest BCUT2D eigenvalue weighted by Crippen LogP contribution is -2.60. The van der Waals surface area contributed by atoms with Gasteiger partial charge in [-0.3, -0.25) is 4.79 Å². The summed E-state index contributed by atoms with van der Waals surface area (Å²) in [5, 5.41) is 10.8. The van der Waals surface area contributed by atoms with Crippen LogP contribution in [0.4, 0.5) is 13.2 Å². The summed E-state index contributed by atoms with van der Waals surface area (Å²) in [7, 11) is 1.50. The summed E-state index contributed by atoms with van der Waals surface area (Å²) in [5.41, 5.74) is -2.03. The van der Waals surface area contributed by atoms with E-state index in [0.29, 0.717) is 12.0 Å². The van der Waals surface area contributed by atoms with Gasteiger partial charge in [0, 0.05) is 31.2 Å². The number of alkyl halides is 3. The molecule has 0 aliphatic carbocycles. The predicted molar refractivity (Wildman–Crippen MR) is 87.3 cm³/mol. The normalized spacial score (nSPS) is 23.6. The Bertz CT molecular complexity index is 657. The number of likely N-dealkylation sites (tertiary alicyclic amines) is 1. The van der Waals surface area contributed by atoms with Gasteiger partial charge in [0.1, 0.15) is 0 Å². The Morgan fingerprint density at radius 2 is 2.00 bits per heavy atom. The second kappa shape index (κ2) is 6.61. The number of aryl methyl sites for hydroxylation is 1. The first-order chi connectivity index (χ1) is 11.4. The highest BCUT2D eigenvalue weighted by Crippen LogP contribution is 2.39. The number of methoxy groups -OCH3 is 1. The second-order valence-corrected chi connectivity index (χ2v) is 7.35. The number of hydrogen-bond donors (Lipinski definition) is 1. The molecule has 1 N–H and O–H groups in total. The summed E-state index contributed by atoms with van der Waals surface area (Å²) < 4.78 is 43.9. The van der Waals surface area contributed by atoms with Crippen molar-refractivity contribution in [3.05, 3.63) is 34.9 Å². The quantitative estimate of drug-likeness (QED) is 0.901. The van der Waals surface area contributed by atoms with E-state index in [1.54, 1.807) is 6.92 Å². The Morgan fingerprint density at radius 3 is 2.52 bits per heavy atom. The van der Waals surface area contributed by atoms with Crippen LogP contribution in [-0.4, -0.2) is 48.3 Å². The molecule has 2 rings (SSSR count). The average Bonchev–Trinajstić information content (AvgIpc) is 2.49. The number of carbonyl (C=O) groups is 1. The zero-order valence-electron chi connectivity index (χ0n) is 14.9. The van der Waals surface area contributed by atoms with Crippen LogP contribution >= 0.6 is 0 Å². The molecule has 1 saturated heterocycles. The lowest BCUT2D eigenvalue weighted by Gasteiger charge is -2.50. The van der Waals surface area contributed by atoms with Crippen molar-refractivity contribution in [1.82, 2.24) is 4.90 Å². The monoisotopic (exact) mass is 359 g/mol. The minimum atomic E-state index is -4.50. The number of carbonyl (C=O) groups excluding carboxylic acids is 1. The molecule has 0 spiro atoms. The van der Waals surface area contributed by atoms with E-state index < -0.39 is 28.7 Å². The number of ether oxygens (including phenoxy) is 1. The van der Waals surface area contributed by atoms with Crippen molar-refractivity contribution in [2.24, 2.45) is 5.41 Å². The second-order valence-electron chi connectivity index (χ2n) is 7.35. The van der Waals surface area contributed by atoms with Gasteiger partial charge in [0.05, 0.1) is 17.8 Å². The average molecular weight is 359 g/mol. The molecule has 0 radical (unpaired) electrons. The van der Waals surface area contributed by atoms with Crippen LogP contribution in [-0.2, 0) is 10.9 Å². The number of hydrogen-bond acceptors (Lipinski definition) is 3.